The minimum Gasteiger partial charge on any atom is -0.356 e. The Kier molecular flexibility index (Phi) is 11.9. The number of carbonyl (C=O) groups is 1. The van der Waals surface area contributed by atoms with Gasteiger partial charge >= 0.3 is 0 Å². The molecule has 2 N–H and O–H groups in total. The lowest BCUT2D eigenvalue weighted by Gasteiger charge is -2.28. The van der Waals surface area contributed by atoms with Gasteiger partial charge in [0.15, 0.2) is 0 Å². The predicted molar refractivity (Wildman–Crippen MR) is 102 cm³/mol. The van der Waals surface area contributed by atoms with Crippen molar-refractivity contribution in [3.05, 3.63) is 16.1 Å². The zero-order valence-corrected chi connectivity index (χ0v) is 16.4. The maximum Gasteiger partial charge on any atom is 0.220 e. The lowest BCUT2D eigenvalue weighted by molar-refractivity contribution is -0.122. The monoisotopic (exact) mass is 381 g/mol. The van der Waals surface area contributed by atoms with Crippen molar-refractivity contribution in [1.29, 1.82) is 0 Å². The van der Waals surface area contributed by atoms with Gasteiger partial charge in [0.1, 0.15) is 0 Å². The SMILES string of the molecule is CCc1nc(CCNC(=O)CC(C)C2CCCNC2)cs1.Cl.Cl. The first-order valence-electron chi connectivity index (χ1n) is 8.09. The van der Waals surface area contributed by atoms with Crippen LogP contribution >= 0.6 is 36.2 Å². The maximum absolute atomic E-state index is 12.0. The molecule has 0 radical (unpaired) electrons. The largest absolute Gasteiger partial charge is 0.356 e. The number of hydrogen-bond acceptors (Lipinski definition) is 4. The van der Waals surface area contributed by atoms with Crippen LogP contribution in [0.25, 0.3) is 0 Å². The Labute approximate surface area is 156 Å². The average molecular weight is 382 g/mol. The van der Waals surface area contributed by atoms with Gasteiger partial charge in [-0.25, -0.2) is 4.98 Å². The molecule has 23 heavy (non-hydrogen) atoms. The molecule has 0 spiro atoms. The fourth-order valence-corrected chi connectivity index (χ4v) is 3.63. The van der Waals surface area contributed by atoms with E-state index >= 15 is 0 Å². The van der Waals surface area contributed by atoms with Crippen molar-refractivity contribution in [2.45, 2.75) is 46.0 Å². The number of rotatable bonds is 7. The highest BCUT2D eigenvalue weighted by Crippen LogP contribution is 2.22. The molecule has 2 rings (SSSR count). The molecule has 0 bridgehead atoms. The number of aryl methyl sites for hydroxylation is 1. The van der Waals surface area contributed by atoms with Crippen LogP contribution in [0.15, 0.2) is 5.38 Å². The number of nitrogens with zero attached hydrogens (tertiary/aromatic N) is 1. The van der Waals surface area contributed by atoms with Gasteiger partial charge in [-0.3, -0.25) is 4.79 Å². The van der Waals surface area contributed by atoms with Crippen LogP contribution in [0.4, 0.5) is 0 Å². The Morgan fingerprint density at radius 2 is 2.30 bits per heavy atom. The number of piperidine rings is 1. The van der Waals surface area contributed by atoms with E-state index in [0.29, 0.717) is 24.8 Å². The number of halogens is 2. The fourth-order valence-electron chi connectivity index (χ4n) is 2.85. The molecule has 1 aromatic rings. The van der Waals surface area contributed by atoms with Gasteiger partial charge in [0.05, 0.1) is 10.7 Å². The van der Waals surface area contributed by atoms with E-state index in [-0.39, 0.29) is 30.7 Å². The lowest BCUT2D eigenvalue weighted by Crippen LogP contribution is -2.36. The van der Waals surface area contributed by atoms with Crippen LogP contribution in [0, 0.1) is 11.8 Å². The van der Waals surface area contributed by atoms with Crippen molar-refractivity contribution < 1.29 is 4.79 Å². The predicted octanol–water partition coefficient (Wildman–Crippen LogP) is 3.23. The summed E-state index contributed by atoms with van der Waals surface area (Å²) in [5, 5.41) is 9.73. The van der Waals surface area contributed by atoms with Gasteiger partial charge < -0.3 is 10.6 Å². The standard InChI is InChI=1S/C16H27N3OS.2ClH/c1-3-16-19-14(11-21-16)6-8-18-15(20)9-12(2)13-5-4-7-17-10-13;;/h11-13,17H,3-10H2,1-2H3,(H,18,20);2*1H. The van der Waals surface area contributed by atoms with E-state index in [1.807, 2.05) is 0 Å². The van der Waals surface area contributed by atoms with Crippen molar-refractivity contribution >= 4 is 42.1 Å². The average Bonchev–Trinajstić information content (AvgIpc) is 2.96. The minimum absolute atomic E-state index is 0. The lowest BCUT2D eigenvalue weighted by atomic mass is 9.85. The van der Waals surface area contributed by atoms with Crippen LogP contribution in [-0.4, -0.2) is 30.5 Å². The van der Waals surface area contributed by atoms with E-state index in [1.54, 1.807) is 11.3 Å². The van der Waals surface area contributed by atoms with Gasteiger partial charge in [-0.05, 0) is 44.2 Å². The molecule has 1 saturated heterocycles. The number of hydrogen-bond donors (Lipinski definition) is 2. The second kappa shape index (κ2) is 12.1. The molecule has 4 nitrogen and oxygen atoms in total. The van der Waals surface area contributed by atoms with Gasteiger partial charge in [-0.1, -0.05) is 13.8 Å². The Morgan fingerprint density at radius 3 is 2.91 bits per heavy atom. The molecule has 0 aromatic carbocycles. The number of carbonyl (C=O) groups excluding carboxylic acids is 1. The van der Waals surface area contributed by atoms with Crippen LogP contribution in [0.3, 0.4) is 0 Å². The fraction of sp³-hybridized carbons (Fsp3) is 0.750. The molecule has 2 atom stereocenters. The number of amides is 1. The highest BCUT2D eigenvalue weighted by atomic mass is 35.5. The van der Waals surface area contributed by atoms with Crippen LogP contribution in [-0.2, 0) is 17.6 Å². The third kappa shape index (κ3) is 7.84. The number of thiazole rings is 1. The molecule has 1 aromatic heterocycles. The molecular formula is C16H29Cl2N3OS. The zero-order chi connectivity index (χ0) is 15.1. The van der Waals surface area contributed by atoms with Crippen LogP contribution in [0.2, 0.25) is 0 Å². The van der Waals surface area contributed by atoms with Gasteiger partial charge in [0.25, 0.3) is 0 Å². The summed E-state index contributed by atoms with van der Waals surface area (Å²) in [6, 6.07) is 0. The second-order valence-electron chi connectivity index (χ2n) is 5.97. The van der Waals surface area contributed by atoms with Gasteiger partial charge in [-0.15, -0.1) is 36.2 Å². The van der Waals surface area contributed by atoms with Gasteiger partial charge in [-0.2, -0.15) is 0 Å². The van der Waals surface area contributed by atoms with E-state index in [2.05, 4.69) is 34.8 Å². The van der Waals surface area contributed by atoms with Gasteiger partial charge in [0, 0.05) is 24.8 Å². The van der Waals surface area contributed by atoms with Crippen molar-refractivity contribution in [2.24, 2.45) is 11.8 Å². The summed E-state index contributed by atoms with van der Waals surface area (Å²) in [6.45, 7) is 7.20. The maximum atomic E-state index is 12.0. The summed E-state index contributed by atoms with van der Waals surface area (Å²) >= 11 is 1.71. The molecule has 1 aliphatic heterocycles. The normalized spacial score (nSPS) is 18.4. The molecule has 2 heterocycles. The first-order valence-corrected chi connectivity index (χ1v) is 8.97. The highest BCUT2D eigenvalue weighted by molar-refractivity contribution is 7.09. The van der Waals surface area contributed by atoms with E-state index in [0.717, 1.165) is 31.6 Å². The number of aromatic nitrogens is 1. The summed E-state index contributed by atoms with van der Waals surface area (Å²) in [6.07, 6.45) is 4.95. The molecule has 1 amide bonds. The summed E-state index contributed by atoms with van der Waals surface area (Å²) < 4.78 is 0. The van der Waals surface area contributed by atoms with Gasteiger partial charge in [0.2, 0.25) is 5.91 Å². The molecule has 1 fully saturated rings. The summed E-state index contributed by atoms with van der Waals surface area (Å²) in [5.74, 6) is 1.29. The first-order chi connectivity index (χ1) is 10.2. The summed E-state index contributed by atoms with van der Waals surface area (Å²) in [4.78, 5) is 16.5. The molecule has 1 aliphatic rings. The Morgan fingerprint density at radius 1 is 1.52 bits per heavy atom. The van der Waals surface area contributed by atoms with E-state index in [9.17, 15) is 4.79 Å². The van der Waals surface area contributed by atoms with E-state index in [4.69, 9.17) is 0 Å². The van der Waals surface area contributed by atoms with Crippen molar-refractivity contribution in [3.63, 3.8) is 0 Å². The third-order valence-electron chi connectivity index (χ3n) is 4.25. The number of nitrogens with one attached hydrogen (secondary N) is 2. The molecule has 2 unspecified atom stereocenters. The second-order valence-corrected chi connectivity index (χ2v) is 6.92. The molecule has 0 aliphatic carbocycles. The zero-order valence-electron chi connectivity index (χ0n) is 14.0. The van der Waals surface area contributed by atoms with Crippen LogP contribution in [0.1, 0.15) is 43.8 Å². The Bertz CT molecular complexity index is 450. The molecule has 0 saturated carbocycles. The minimum atomic E-state index is 0. The molecule has 7 heteroatoms. The smallest absolute Gasteiger partial charge is 0.220 e. The van der Waals surface area contributed by atoms with Crippen molar-refractivity contribution in [1.82, 2.24) is 15.6 Å². The quantitative estimate of drug-likeness (QED) is 0.761. The third-order valence-corrected chi connectivity index (χ3v) is 5.29. The Hall–Kier alpha value is -0.360. The van der Waals surface area contributed by atoms with Crippen LogP contribution < -0.4 is 10.6 Å². The topological polar surface area (TPSA) is 54.0 Å². The highest BCUT2D eigenvalue weighted by Gasteiger charge is 2.21. The summed E-state index contributed by atoms with van der Waals surface area (Å²) in [5.41, 5.74) is 1.10. The van der Waals surface area contributed by atoms with E-state index < -0.39 is 0 Å². The molecular weight excluding hydrogens is 353 g/mol. The Balaban J connectivity index is 0.00000242. The summed E-state index contributed by atoms with van der Waals surface area (Å²) in [7, 11) is 0. The molecule has 134 valence electrons. The van der Waals surface area contributed by atoms with Crippen molar-refractivity contribution in [3.8, 4) is 0 Å². The first kappa shape index (κ1) is 22.6. The van der Waals surface area contributed by atoms with Crippen LogP contribution in [0.5, 0.6) is 0 Å². The van der Waals surface area contributed by atoms with E-state index in [1.165, 1.54) is 17.8 Å². The van der Waals surface area contributed by atoms with Crippen molar-refractivity contribution in [2.75, 3.05) is 19.6 Å².